The van der Waals surface area contributed by atoms with Crippen molar-refractivity contribution in [3.05, 3.63) is 63.4 Å². The molecule has 39 heavy (non-hydrogen) atoms. The number of amides is 1. The number of hydrogen-bond donors (Lipinski definition) is 4. The Bertz CT molecular complexity index is 1450. The lowest BCUT2D eigenvalue weighted by molar-refractivity contribution is 0.0712. The highest BCUT2D eigenvalue weighted by Crippen LogP contribution is 2.40. The molecule has 0 saturated carbocycles. The van der Waals surface area contributed by atoms with Gasteiger partial charge in [-0.05, 0) is 62.7 Å². The van der Waals surface area contributed by atoms with Crippen molar-refractivity contribution in [2.24, 2.45) is 0 Å². The van der Waals surface area contributed by atoms with Crippen LogP contribution in [0.2, 0.25) is 5.02 Å². The van der Waals surface area contributed by atoms with Crippen LogP contribution in [-0.4, -0.2) is 74.7 Å². The molecule has 3 aliphatic heterocycles. The van der Waals surface area contributed by atoms with Gasteiger partial charge in [-0.15, -0.1) is 0 Å². The van der Waals surface area contributed by atoms with Crippen molar-refractivity contribution < 1.29 is 14.3 Å². The molecule has 9 nitrogen and oxygen atoms in total. The summed E-state index contributed by atoms with van der Waals surface area (Å²) in [5, 5.41) is 17.0. The number of fused-ring (bicyclic) bond motifs is 2. The molecule has 3 aliphatic rings. The summed E-state index contributed by atoms with van der Waals surface area (Å²) in [5.74, 6) is 0.440. The van der Waals surface area contributed by atoms with Gasteiger partial charge in [-0.3, -0.25) is 4.79 Å². The van der Waals surface area contributed by atoms with E-state index in [4.69, 9.17) is 11.6 Å². The predicted octanol–water partition coefficient (Wildman–Crippen LogP) is 4.42. The van der Waals surface area contributed by atoms with Crippen LogP contribution in [0.15, 0.2) is 24.5 Å². The first kappa shape index (κ1) is 25.8. The number of carbonyl (C=O) groups excluding carboxylic acids is 1. The van der Waals surface area contributed by atoms with Crippen molar-refractivity contribution in [3.8, 4) is 0 Å². The largest absolute Gasteiger partial charge is 0.369 e. The van der Waals surface area contributed by atoms with Gasteiger partial charge in [0.15, 0.2) is 6.23 Å². The Morgan fingerprint density at radius 3 is 2.79 bits per heavy atom. The lowest BCUT2D eigenvalue weighted by Gasteiger charge is -2.32. The standard InChI is InChI=1S/C28H31ClFN7O2/c1-16-22(34-21-7-10-37(28(39)23(16)21)12-11-36-8-3-2-4-9-36)14-18-24-25(31-15-32-26(24)35-27(18)38)33-17-5-6-20(30)19(29)13-17/h5-6,13-15,27,34,38H,2-4,7-12H2,1H3,(H2,31,32,33,35)/b18-14-. The smallest absolute Gasteiger partial charge is 0.256 e. The molecule has 4 N–H and O–H groups in total. The second kappa shape index (κ2) is 10.6. The molecule has 11 heteroatoms. The Labute approximate surface area is 231 Å². The fourth-order valence-corrected chi connectivity index (χ4v) is 5.87. The van der Waals surface area contributed by atoms with E-state index in [9.17, 15) is 14.3 Å². The monoisotopic (exact) mass is 551 g/mol. The fraction of sp³-hybridized carbons (Fsp3) is 0.393. The van der Waals surface area contributed by atoms with E-state index in [1.807, 2.05) is 17.9 Å². The van der Waals surface area contributed by atoms with E-state index >= 15 is 0 Å². The van der Waals surface area contributed by atoms with Crippen molar-refractivity contribution in [3.63, 3.8) is 0 Å². The molecule has 2 aromatic heterocycles. The number of aliphatic hydroxyl groups is 1. The predicted molar refractivity (Wildman–Crippen MR) is 150 cm³/mol. The number of H-pyrrole nitrogens is 1. The van der Waals surface area contributed by atoms with Crippen LogP contribution in [0, 0.1) is 12.7 Å². The highest BCUT2D eigenvalue weighted by atomic mass is 35.5. The molecule has 6 rings (SSSR count). The number of aromatic nitrogens is 3. The summed E-state index contributed by atoms with van der Waals surface area (Å²) in [5.41, 5.74) is 4.94. The summed E-state index contributed by atoms with van der Waals surface area (Å²) >= 11 is 5.96. The summed E-state index contributed by atoms with van der Waals surface area (Å²) in [4.78, 5) is 30.0. The third-order valence-electron chi connectivity index (χ3n) is 7.82. The maximum absolute atomic E-state index is 13.7. The number of halogens is 2. The molecule has 0 aliphatic carbocycles. The number of aromatic amines is 1. The Kier molecular flexibility index (Phi) is 7.01. The first-order valence-corrected chi connectivity index (χ1v) is 13.7. The van der Waals surface area contributed by atoms with Crippen LogP contribution < -0.4 is 10.6 Å². The van der Waals surface area contributed by atoms with Gasteiger partial charge in [0.2, 0.25) is 0 Å². The number of likely N-dealkylation sites (tertiary alicyclic amines) is 1. The van der Waals surface area contributed by atoms with Crippen LogP contribution in [0.3, 0.4) is 0 Å². The quantitative estimate of drug-likeness (QED) is 0.359. The Hall–Kier alpha value is -3.47. The molecule has 0 bridgehead atoms. The number of piperidine rings is 1. The first-order valence-electron chi connectivity index (χ1n) is 13.4. The van der Waals surface area contributed by atoms with E-state index < -0.39 is 12.0 Å². The van der Waals surface area contributed by atoms with Crippen LogP contribution in [0.5, 0.6) is 0 Å². The zero-order valence-corrected chi connectivity index (χ0v) is 22.5. The van der Waals surface area contributed by atoms with E-state index in [1.54, 1.807) is 6.07 Å². The summed E-state index contributed by atoms with van der Waals surface area (Å²) in [6.07, 6.45) is 6.71. The fourth-order valence-electron chi connectivity index (χ4n) is 5.69. The lowest BCUT2D eigenvalue weighted by atomic mass is 10.0. The minimum absolute atomic E-state index is 0.0122. The van der Waals surface area contributed by atoms with E-state index in [-0.39, 0.29) is 10.9 Å². The lowest BCUT2D eigenvalue weighted by Crippen LogP contribution is -2.43. The van der Waals surface area contributed by atoms with Gasteiger partial charge < -0.3 is 30.5 Å². The van der Waals surface area contributed by atoms with Crippen LogP contribution in [-0.2, 0) is 6.42 Å². The molecular formula is C28H31ClFN7O2. The molecule has 3 aromatic rings. The second-order valence-corrected chi connectivity index (χ2v) is 10.7. The molecule has 0 spiro atoms. The summed E-state index contributed by atoms with van der Waals surface area (Å²) in [6, 6.07) is 4.30. The van der Waals surface area contributed by atoms with E-state index in [1.165, 1.54) is 37.7 Å². The van der Waals surface area contributed by atoms with Crippen LogP contribution in [0.25, 0.3) is 11.6 Å². The Balaban J connectivity index is 1.27. The molecule has 1 fully saturated rings. The molecule has 1 amide bonds. The molecule has 204 valence electrons. The molecule has 1 unspecified atom stereocenters. The van der Waals surface area contributed by atoms with Crippen molar-refractivity contribution in [2.45, 2.75) is 38.8 Å². The SMILES string of the molecule is Cc1c(/C=C2/c3c(Nc4ccc(F)c(Cl)c4)ncnc3NC2O)[nH]c2c1C(=O)N(CCN1CCCCC1)CC2. The van der Waals surface area contributed by atoms with Crippen molar-refractivity contribution in [2.75, 3.05) is 43.4 Å². The molecule has 0 radical (unpaired) electrons. The number of nitrogens with one attached hydrogen (secondary N) is 3. The van der Waals surface area contributed by atoms with E-state index in [0.29, 0.717) is 35.0 Å². The topological polar surface area (TPSA) is 109 Å². The summed E-state index contributed by atoms with van der Waals surface area (Å²) < 4.78 is 13.7. The molecule has 1 aromatic carbocycles. The van der Waals surface area contributed by atoms with Gasteiger partial charge in [0.1, 0.15) is 23.8 Å². The third-order valence-corrected chi connectivity index (χ3v) is 8.11. The van der Waals surface area contributed by atoms with Gasteiger partial charge in [0.25, 0.3) is 5.91 Å². The maximum atomic E-state index is 13.7. The average Bonchev–Trinajstić information content (AvgIpc) is 3.43. The van der Waals surface area contributed by atoms with Gasteiger partial charge in [-0.25, -0.2) is 14.4 Å². The Morgan fingerprint density at radius 2 is 2.00 bits per heavy atom. The Morgan fingerprint density at radius 1 is 1.18 bits per heavy atom. The van der Waals surface area contributed by atoms with Gasteiger partial charge in [-0.2, -0.15) is 0 Å². The zero-order valence-electron chi connectivity index (χ0n) is 21.7. The average molecular weight is 552 g/mol. The van der Waals surface area contributed by atoms with Crippen molar-refractivity contribution in [1.82, 2.24) is 24.8 Å². The highest BCUT2D eigenvalue weighted by Gasteiger charge is 2.32. The van der Waals surface area contributed by atoms with E-state index in [2.05, 4.69) is 30.5 Å². The van der Waals surface area contributed by atoms with E-state index in [0.717, 1.165) is 55.1 Å². The minimum atomic E-state index is -1.02. The maximum Gasteiger partial charge on any atom is 0.256 e. The second-order valence-electron chi connectivity index (χ2n) is 10.3. The van der Waals surface area contributed by atoms with Crippen LogP contribution in [0.4, 0.5) is 21.7 Å². The third kappa shape index (κ3) is 4.99. The normalized spacial score (nSPS) is 20.2. The number of hydrogen-bond acceptors (Lipinski definition) is 7. The number of carbonyl (C=O) groups is 1. The number of anilines is 3. The number of nitrogens with zero attached hydrogens (tertiary/aromatic N) is 4. The summed E-state index contributed by atoms with van der Waals surface area (Å²) in [6.45, 7) is 6.48. The highest BCUT2D eigenvalue weighted by molar-refractivity contribution is 6.31. The molecule has 1 atom stereocenters. The van der Waals surface area contributed by atoms with Crippen LogP contribution in [0.1, 0.15) is 52.1 Å². The van der Waals surface area contributed by atoms with Crippen molar-refractivity contribution in [1.29, 1.82) is 0 Å². The molecular weight excluding hydrogens is 521 g/mol. The number of benzene rings is 1. The van der Waals surface area contributed by atoms with Gasteiger partial charge in [0.05, 0.1) is 16.1 Å². The van der Waals surface area contributed by atoms with Gasteiger partial charge >= 0.3 is 0 Å². The number of rotatable bonds is 6. The minimum Gasteiger partial charge on any atom is -0.369 e. The molecule has 1 saturated heterocycles. The molecule has 5 heterocycles. The number of aliphatic hydroxyl groups excluding tert-OH is 1. The van der Waals surface area contributed by atoms with Crippen molar-refractivity contribution >= 4 is 46.5 Å². The first-order chi connectivity index (χ1) is 18.9. The zero-order chi connectivity index (χ0) is 27.1. The van der Waals surface area contributed by atoms with Gasteiger partial charge in [0, 0.05) is 48.7 Å². The van der Waals surface area contributed by atoms with Crippen LogP contribution >= 0.6 is 11.6 Å². The van der Waals surface area contributed by atoms with Gasteiger partial charge in [-0.1, -0.05) is 18.0 Å². The summed E-state index contributed by atoms with van der Waals surface area (Å²) in [7, 11) is 0.